The van der Waals surface area contributed by atoms with Crippen LogP contribution in [-0.4, -0.2) is 95.0 Å². The number of aliphatic hydroxyl groups is 2. The molecule has 2 N–H and O–H groups in total. The number of benzene rings is 3. The van der Waals surface area contributed by atoms with Gasteiger partial charge < -0.3 is 24.9 Å². The lowest BCUT2D eigenvalue weighted by Gasteiger charge is -2.45. The zero-order valence-electron chi connectivity index (χ0n) is 24.2. The highest BCUT2D eigenvalue weighted by Gasteiger charge is 2.54. The van der Waals surface area contributed by atoms with Crippen molar-refractivity contribution in [1.82, 2.24) is 14.7 Å². The summed E-state index contributed by atoms with van der Waals surface area (Å²) in [5, 5.41) is 23.4. The number of piperidine rings is 2. The fourth-order valence-corrected chi connectivity index (χ4v) is 8.18. The van der Waals surface area contributed by atoms with E-state index in [9.17, 15) is 19.4 Å². The normalized spacial score (nSPS) is 25.2. The third-order valence-corrected chi connectivity index (χ3v) is 10.3. The minimum absolute atomic E-state index is 0.0641. The van der Waals surface area contributed by atoms with Gasteiger partial charge in [-0.25, -0.2) is 4.39 Å². The van der Waals surface area contributed by atoms with Gasteiger partial charge in [0.15, 0.2) is 0 Å². The number of hydrogen-bond acceptors (Lipinski definition) is 6. The Morgan fingerprint density at radius 3 is 2.50 bits per heavy atom. The van der Waals surface area contributed by atoms with Crippen LogP contribution in [0, 0.1) is 11.7 Å². The molecule has 1 spiro atoms. The average Bonchev–Trinajstić information content (AvgIpc) is 3.51. The SMILES string of the molecule is O=C1N(CC(O)CN2CCCC(CO)C2)CN(c2ccc(F)cc2)C12CCN([C@@H]1Cc3cccc4cccc1c34)CC2. The largest absolute Gasteiger partial charge is 0.396 e. The lowest BCUT2D eigenvalue weighted by Crippen LogP contribution is -2.57. The smallest absolute Gasteiger partial charge is 0.250 e. The van der Waals surface area contributed by atoms with Crippen LogP contribution in [0.1, 0.15) is 42.9 Å². The highest BCUT2D eigenvalue weighted by atomic mass is 19.1. The predicted molar refractivity (Wildman–Crippen MR) is 162 cm³/mol. The monoisotopic (exact) mass is 572 g/mol. The van der Waals surface area contributed by atoms with Crippen LogP contribution >= 0.6 is 0 Å². The van der Waals surface area contributed by atoms with Crippen LogP contribution < -0.4 is 4.90 Å². The van der Waals surface area contributed by atoms with E-state index in [1.807, 2.05) is 4.90 Å². The first-order valence-electron chi connectivity index (χ1n) is 15.5. The number of rotatable bonds is 7. The van der Waals surface area contributed by atoms with Crippen LogP contribution in [0.5, 0.6) is 0 Å². The Morgan fingerprint density at radius 2 is 1.74 bits per heavy atom. The molecule has 3 heterocycles. The van der Waals surface area contributed by atoms with Crippen molar-refractivity contribution >= 4 is 22.4 Å². The number of anilines is 1. The van der Waals surface area contributed by atoms with Crippen molar-refractivity contribution in [3.8, 4) is 0 Å². The van der Waals surface area contributed by atoms with Crippen molar-refractivity contribution in [2.75, 3.05) is 57.4 Å². The second kappa shape index (κ2) is 11.2. The minimum Gasteiger partial charge on any atom is -0.396 e. The lowest BCUT2D eigenvalue weighted by atomic mass is 9.84. The van der Waals surface area contributed by atoms with Crippen molar-refractivity contribution in [3.05, 3.63) is 77.6 Å². The van der Waals surface area contributed by atoms with Gasteiger partial charge in [0.25, 0.3) is 0 Å². The van der Waals surface area contributed by atoms with E-state index >= 15 is 0 Å². The zero-order valence-corrected chi connectivity index (χ0v) is 24.2. The molecule has 3 aromatic rings. The van der Waals surface area contributed by atoms with Crippen molar-refractivity contribution in [1.29, 1.82) is 0 Å². The third kappa shape index (κ3) is 4.88. The summed E-state index contributed by atoms with van der Waals surface area (Å²) in [6.07, 6.45) is 3.72. The molecule has 4 aliphatic rings. The molecule has 2 unspecified atom stereocenters. The number of amides is 1. The molecule has 3 aromatic carbocycles. The molecule has 3 fully saturated rings. The van der Waals surface area contributed by atoms with Crippen LogP contribution in [-0.2, 0) is 11.2 Å². The molecule has 0 bridgehead atoms. The van der Waals surface area contributed by atoms with E-state index in [1.165, 1.54) is 34.0 Å². The molecular formula is C34H41FN4O3. The van der Waals surface area contributed by atoms with Gasteiger partial charge in [0.2, 0.25) is 5.91 Å². The second-order valence-corrected chi connectivity index (χ2v) is 12.8. The molecule has 1 amide bonds. The van der Waals surface area contributed by atoms with Crippen molar-refractivity contribution < 1.29 is 19.4 Å². The first-order chi connectivity index (χ1) is 20.4. The molecule has 0 aromatic heterocycles. The summed E-state index contributed by atoms with van der Waals surface area (Å²) in [4.78, 5) is 23.0. The summed E-state index contributed by atoms with van der Waals surface area (Å²) in [7, 11) is 0. The lowest BCUT2D eigenvalue weighted by molar-refractivity contribution is -0.135. The molecule has 3 atom stereocenters. The Balaban J connectivity index is 1.09. The molecular weight excluding hydrogens is 531 g/mol. The summed E-state index contributed by atoms with van der Waals surface area (Å²) < 4.78 is 13.9. The Bertz CT molecular complexity index is 1440. The first kappa shape index (κ1) is 27.8. The fourth-order valence-electron chi connectivity index (χ4n) is 8.18. The maximum atomic E-state index is 14.3. The quantitative estimate of drug-likeness (QED) is 0.449. The predicted octanol–water partition coefficient (Wildman–Crippen LogP) is 3.78. The number of carbonyl (C=O) groups is 1. The zero-order chi connectivity index (χ0) is 28.8. The Morgan fingerprint density at radius 1 is 0.976 bits per heavy atom. The molecule has 8 heteroatoms. The molecule has 42 heavy (non-hydrogen) atoms. The van der Waals surface area contributed by atoms with E-state index < -0.39 is 11.6 Å². The van der Waals surface area contributed by atoms with E-state index in [1.54, 1.807) is 12.1 Å². The molecule has 222 valence electrons. The van der Waals surface area contributed by atoms with Gasteiger partial charge in [-0.3, -0.25) is 9.69 Å². The molecule has 7 rings (SSSR count). The topological polar surface area (TPSA) is 70.5 Å². The van der Waals surface area contributed by atoms with Gasteiger partial charge in [-0.15, -0.1) is 0 Å². The summed E-state index contributed by atoms with van der Waals surface area (Å²) >= 11 is 0. The molecule has 1 aliphatic carbocycles. The van der Waals surface area contributed by atoms with Gasteiger partial charge in [0.05, 0.1) is 12.8 Å². The summed E-state index contributed by atoms with van der Waals surface area (Å²) in [6, 6.07) is 19.9. The minimum atomic E-state index is -0.710. The van der Waals surface area contributed by atoms with Crippen LogP contribution in [0.2, 0.25) is 0 Å². The third-order valence-electron chi connectivity index (χ3n) is 10.3. The maximum absolute atomic E-state index is 14.3. The van der Waals surface area contributed by atoms with E-state index in [4.69, 9.17) is 0 Å². The van der Waals surface area contributed by atoms with E-state index in [2.05, 4.69) is 51.1 Å². The van der Waals surface area contributed by atoms with Crippen molar-refractivity contribution in [2.45, 2.75) is 49.8 Å². The van der Waals surface area contributed by atoms with Gasteiger partial charge in [0, 0.05) is 51.1 Å². The molecule has 3 saturated heterocycles. The van der Waals surface area contributed by atoms with Gasteiger partial charge in [0.1, 0.15) is 11.4 Å². The van der Waals surface area contributed by atoms with E-state index in [0.29, 0.717) is 32.1 Å². The van der Waals surface area contributed by atoms with Crippen LogP contribution in [0.3, 0.4) is 0 Å². The number of carbonyl (C=O) groups excluding carboxylic acids is 1. The highest BCUT2D eigenvalue weighted by Crippen LogP contribution is 2.45. The molecule has 3 aliphatic heterocycles. The summed E-state index contributed by atoms with van der Waals surface area (Å²) in [5.74, 6) is 0.0220. The van der Waals surface area contributed by atoms with Crippen LogP contribution in [0.4, 0.5) is 10.1 Å². The second-order valence-electron chi connectivity index (χ2n) is 12.8. The van der Waals surface area contributed by atoms with Gasteiger partial charge >= 0.3 is 0 Å². The van der Waals surface area contributed by atoms with Crippen LogP contribution in [0.25, 0.3) is 10.8 Å². The van der Waals surface area contributed by atoms with E-state index in [-0.39, 0.29) is 30.8 Å². The van der Waals surface area contributed by atoms with Crippen molar-refractivity contribution in [2.24, 2.45) is 5.92 Å². The maximum Gasteiger partial charge on any atom is 0.250 e. The van der Waals surface area contributed by atoms with Gasteiger partial charge in [-0.1, -0.05) is 36.4 Å². The number of likely N-dealkylation sites (tertiary alicyclic amines) is 2. The highest BCUT2D eigenvalue weighted by molar-refractivity contribution is 5.94. The number of β-amino-alcohol motifs (C(OH)–C–C–N with tert-alkyl or cyclic N) is 1. The van der Waals surface area contributed by atoms with Gasteiger partial charge in [-0.2, -0.15) is 0 Å². The molecule has 0 saturated carbocycles. The standard InChI is InChI=1S/C34H41FN4O3/c35-27-9-11-28(12-10-27)39-23-38(21-29(41)20-36-15-3-4-24(19-36)22-40)33(42)34(39)13-16-37(17-14-34)31-18-26-7-1-5-25-6-2-8-30(31)32(25)26/h1-2,5-12,24,29,31,40-41H,3-4,13-23H2/t24?,29?,31-/m1/s1. The number of halogens is 1. The molecule has 0 radical (unpaired) electrons. The Labute approximate surface area is 247 Å². The first-order valence-corrected chi connectivity index (χ1v) is 15.5. The number of nitrogens with zero attached hydrogens (tertiary/aromatic N) is 4. The van der Waals surface area contributed by atoms with Crippen LogP contribution in [0.15, 0.2) is 60.7 Å². The van der Waals surface area contributed by atoms with E-state index in [0.717, 1.165) is 51.1 Å². The summed E-state index contributed by atoms with van der Waals surface area (Å²) in [5.41, 5.74) is 2.92. The Hall–Kier alpha value is -3.04. The summed E-state index contributed by atoms with van der Waals surface area (Å²) in [6.45, 7) is 4.59. The van der Waals surface area contributed by atoms with Gasteiger partial charge in [-0.05, 0) is 90.7 Å². The van der Waals surface area contributed by atoms with Crippen molar-refractivity contribution in [3.63, 3.8) is 0 Å². The number of hydrogen-bond donors (Lipinski definition) is 2. The average molecular weight is 573 g/mol. The molecule has 7 nitrogen and oxygen atoms in total. The Kier molecular flexibility index (Phi) is 7.42. The number of aliphatic hydroxyl groups excluding tert-OH is 2. The fraction of sp³-hybridized carbons (Fsp3) is 0.500.